The normalized spacial score (nSPS) is 10.7. The molecule has 0 heterocycles. The Morgan fingerprint density at radius 2 is 1.61 bits per heavy atom. The zero-order valence-corrected chi connectivity index (χ0v) is 20.9. The largest absolute Gasteiger partial charge is 0.493 e. The molecule has 7 nitrogen and oxygen atoms in total. The van der Waals surface area contributed by atoms with Crippen LogP contribution in [0.2, 0.25) is 0 Å². The Morgan fingerprint density at radius 1 is 0.879 bits per heavy atom. The summed E-state index contributed by atoms with van der Waals surface area (Å²) in [6, 6.07) is 22.4. The van der Waals surface area contributed by atoms with Crippen LogP contribution in [0.4, 0.5) is 0 Å². The molecule has 3 rings (SSSR count). The number of benzene rings is 3. The predicted molar refractivity (Wildman–Crippen MR) is 139 cm³/mol. The van der Waals surface area contributed by atoms with Crippen LogP contribution in [0.1, 0.15) is 27.0 Å². The van der Waals surface area contributed by atoms with Gasteiger partial charge in [0.25, 0.3) is 0 Å². The van der Waals surface area contributed by atoms with Gasteiger partial charge in [-0.2, -0.15) is 0 Å². The van der Waals surface area contributed by atoms with E-state index in [9.17, 15) is 4.79 Å². The molecule has 3 N–H and O–H groups in total. The topological polar surface area (TPSA) is 95.2 Å². The molecule has 0 aliphatic heterocycles. The van der Waals surface area contributed by atoms with Crippen LogP contribution < -0.4 is 20.5 Å². The zero-order valence-electron chi connectivity index (χ0n) is 18.6. The third-order valence-electron chi connectivity index (χ3n) is 4.73. The Hall–Kier alpha value is -3.27. The summed E-state index contributed by atoms with van der Waals surface area (Å²) < 4.78 is 15.9. The maximum atomic E-state index is 12.4. The van der Waals surface area contributed by atoms with Crippen molar-refractivity contribution in [2.45, 2.75) is 19.7 Å². The van der Waals surface area contributed by atoms with Crippen LogP contribution in [0.15, 0.2) is 77.8 Å². The van der Waals surface area contributed by atoms with Crippen molar-refractivity contribution >= 4 is 35.9 Å². The number of hydrogen-bond donors (Lipinski definition) is 2. The zero-order chi connectivity index (χ0) is 22.8. The first-order valence-electron chi connectivity index (χ1n) is 10.1. The summed E-state index contributed by atoms with van der Waals surface area (Å²) in [4.78, 5) is 16.7. The number of nitrogens with two attached hydrogens (primary N) is 1. The maximum absolute atomic E-state index is 12.4. The second kappa shape index (κ2) is 13.3. The molecular weight excluding hydrogens is 533 g/mol. The highest BCUT2D eigenvalue weighted by Gasteiger charge is 2.08. The van der Waals surface area contributed by atoms with Crippen molar-refractivity contribution in [3.05, 3.63) is 95.1 Å². The quantitative estimate of drug-likeness (QED) is 0.175. The first-order valence-corrected chi connectivity index (χ1v) is 10.1. The lowest BCUT2D eigenvalue weighted by Gasteiger charge is -2.11. The molecule has 33 heavy (non-hydrogen) atoms. The summed E-state index contributed by atoms with van der Waals surface area (Å²) in [5.41, 5.74) is 9.25. The number of aliphatic imine (C=N–C) groups is 1. The molecule has 0 atom stereocenters. The summed E-state index contributed by atoms with van der Waals surface area (Å²) in [5.74, 6) is 1.24. The maximum Gasteiger partial charge on any atom is 0.338 e. The van der Waals surface area contributed by atoms with Gasteiger partial charge < -0.3 is 25.3 Å². The number of carbonyl (C=O) groups is 1. The molecule has 3 aromatic carbocycles. The summed E-state index contributed by atoms with van der Waals surface area (Å²) in [6.07, 6.45) is 0. The third-order valence-corrected chi connectivity index (χ3v) is 4.73. The number of hydrogen-bond acceptors (Lipinski definition) is 5. The van der Waals surface area contributed by atoms with E-state index in [1.54, 1.807) is 32.4 Å². The molecule has 0 bridgehead atoms. The minimum Gasteiger partial charge on any atom is -0.493 e. The molecular formula is C25H28IN3O4. The number of nitrogens with zero attached hydrogens (tertiary/aromatic N) is 1. The summed E-state index contributed by atoms with van der Waals surface area (Å²) in [5, 5.41) is 3.07. The molecule has 0 saturated carbocycles. The number of esters is 1. The van der Waals surface area contributed by atoms with Crippen molar-refractivity contribution in [2.75, 3.05) is 14.2 Å². The second-order valence-corrected chi connectivity index (χ2v) is 7.01. The number of ether oxygens (including phenoxy) is 3. The molecule has 0 saturated heterocycles. The van der Waals surface area contributed by atoms with E-state index in [0.29, 0.717) is 36.1 Å². The van der Waals surface area contributed by atoms with Crippen LogP contribution in [0.5, 0.6) is 11.5 Å². The molecule has 3 aromatic rings. The Labute approximate surface area is 211 Å². The molecule has 0 radical (unpaired) electrons. The van der Waals surface area contributed by atoms with E-state index in [4.69, 9.17) is 19.9 Å². The van der Waals surface area contributed by atoms with E-state index in [2.05, 4.69) is 10.3 Å². The Balaban J connectivity index is 0.00000385. The van der Waals surface area contributed by atoms with E-state index >= 15 is 0 Å². The summed E-state index contributed by atoms with van der Waals surface area (Å²) in [7, 11) is 3.19. The lowest BCUT2D eigenvalue weighted by molar-refractivity contribution is 0.0472. The van der Waals surface area contributed by atoms with Gasteiger partial charge in [-0.1, -0.05) is 48.5 Å². The standard InChI is InChI=1S/C25H27N3O4.HI/c1-30-22-12-11-20(14-23(22)31-2)16-28-25(26)27-15-19-9-6-10-21(13-19)24(29)32-17-18-7-4-3-5-8-18;/h3-14H,15-17H2,1-2H3,(H3,26,27,28);1H. The lowest BCUT2D eigenvalue weighted by atomic mass is 10.1. The highest BCUT2D eigenvalue weighted by atomic mass is 127. The Kier molecular flexibility index (Phi) is 10.5. The van der Waals surface area contributed by atoms with Gasteiger partial charge in [0.05, 0.1) is 26.3 Å². The van der Waals surface area contributed by atoms with Gasteiger partial charge in [0.1, 0.15) is 6.61 Å². The number of rotatable bonds is 9. The van der Waals surface area contributed by atoms with Crippen molar-refractivity contribution in [2.24, 2.45) is 10.7 Å². The molecule has 0 spiro atoms. The van der Waals surface area contributed by atoms with Gasteiger partial charge >= 0.3 is 5.97 Å². The first-order chi connectivity index (χ1) is 15.6. The average Bonchev–Trinajstić information content (AvgIpc) is 2.85. The van der Waals surface area contributed by atoms with Crippen LogP contribution in [0, 0.1) is 0 Å². The predicted octanol–water partition coefficient (Wildman–Crippen LogP) is 4.28. The van der Waals surface area contributed by atoms with Crippen LogP contribution in [0.3, 0.4) is 0 Å². The molecule has 0 unspecified atom stereocenters. The van der Waals surface area contributed by atoms with E-state index in [1.165, 1.54) is 0 Å². The smallest absolute Gasteiger partial charge is 0.338 e. The molecule has 8 heteroatoms. The van der Waals surface area contributed by atoms with E-state index < -0.39 is 0 Å². The fraction of sp³-hybridized carbons (Fsp3) is 0.200. The molecule has 0 aromatic heterocycles. The van der Waals surface area contributed by atoms with Gasteiger partial charge in [-0.15, -0.1) is 24.0 Å². The van der Waals surface area contributed by atoms with Gasteiger partial charge in [-0.05, 0) is 41.0 Å². The minimum absolute atomic E-state index is 0. The number of halogens is 1. The van der Waals surface area contributed by atoms with Crippen molar-refractivity contribution < 1.29 is 19.0 Å². The van der Waals surface area contributed by atoms with Crippen LogP contribution >= 0.6 is 24.0 Å². The third kappa shape index (κ3) is 7.98. The Morgan fingerprint density at radius 3 is 2.33 bits per heavy atom. The highest BCUT2D eigenvalue weighted by molar-refractivity contribution is 14.0. The van der Waals surface area contributed by atoms with Crippen molar-refractivity contribution in [3.63, 3.8) is 0 Å². The van der Waals surface area contributed by atoms with Gasteiger partial charge in [0.2, 0.25) is 0 Å². The fourth-order valence-corrected chi connectivity index (χ4v) is 3.02. The molecule has 0 aliphatic carbocycles. The van der Waals surface area contributed by atoms with Crippen molar-refractivity contribution in [3.8, 4) is 11.5 Å². The summed E-state index contributed by atoms with van der Waals surface area (Å²) in [6.45, 7) is 1.06. The number of methoxy groups -OCH3 is 2. The van der Waals surface area contributed by atoms with Crippen LogP contribution in [-0.2, 0) is 24.4 Å². The highest BCUT2D eigenvalue weighted by Crippen LogP contribution is 2.27. The minimum atomic E-state index is -0.376. The Bertz CT molecular complexity index is 1070. The molecule has 0 amide bonds. The number of carbonyl (C=O) groups excluding carboxylic acids is 1. The van der Waals surface area contributed by atoms with Crippen LogP contribution in [-0.4, -0.2) is 26.1 Å². The SMILES string of the molecule is COc1ccc(CNC(N)=NCc2cccc(C(=O)OCc3ccccc3)c2)cc1OC.I. The molecule has 0 aliphatic rings. The molecule has 174 valence electrons. The van der Waals surface area contributed by atoms with Crippen LogP contribution in [0.25, 0.3) is 0 Å². The lowest BCUT2D eigenvalue weighted by Crippen LogP contribution is -2.31. The van der Waals surface area contributed by atoms with Gasteiger partial charge in [0.15, 0.2) is 17.5 Å². The average molecular weight is 561 g/mol. The monoisotopic (exact) mass is 561 g/mol. The number of nitrogens with one attached hydrogen (secondary N) is 1. The van der Waals surface area contributed by atoms with Gasteiger partial charge in [-0.3, -0.25) is 0 Å². The second-order valence-electron chi connectivity index (χ2n) is 7.01. The van der Waals surface area contributed by atoms with E-state index in [1.807, 2.05) is 54.6 Å². The van der Waals surface area contributed by atoms with E-state index in [-0.39, 0.29) is 36.6 Å². The van der Waals surface area contributed by atoms with Gasteiger partial charge in [0, 0.05) is 6.54 Å². The van der Waals surface area contributed by atoms with E-state index in [0.717, 1.165) is 16.7 Å². The van der Waals surface area contributed by atoms with Gasteiger partial charge in [-0.25, -0.2) is 9.79 Å². The summed E-state index contributed by atoms with van der Waals surface area (Å²) >= 11 is 0. The van der Waals surface area contributed by atoms with Crippen molar-refractivity contribution in [1.82, 2.24) is 5.32 Å². The first kappa shape index (κ1) is 26.0. The number of guanidine groups is 1. The van der Waals surface area contributed by atoms with Crippen molar-refractivity contribution in [1.29, 1.82) is 0 Å². The fourth-order valence-electron chi connectivity index (χ4n) is 3.02. The molecule has 0 fully saturated rings.